The normalized spacial score (nSPS) is 14.7. The molecule has 0 saturated carbocycles. The number of imidazole rings is 1. The summed E-state index contributed by atoms with van der Waals surface area (Å²) in [4.78, 5) is 13.9. The van der Waals surface area contributed by atoms with Gasteiger partial charge < -0.3 is 20.7 Å². The number of aliphatic hydroxyl groups is 1. The molecule has 0 bridgehead atoms. The van der Waals surface area contributed by atoms with E-state index in [1.807, 2.05) is 31.1 Å². The van der Waals surface area contributed by atoms with Crippen LogP contribution < -0.4 is 10.6 Å². The molecule has 2 aromatic rings. The summed E-state index contributed by atoms with van der Waals surface area (Å²) in [6, 6.07) is 3.86. The highest BCUT2D eigenvalue weighted by atomic mass is 16.3. The van der Waals surface area contributed by atoms with Crippen molar-refractivity contribution in [3.8, 4) is 0 Å². The molecule has 18 heavy (non-hydrogen) atoms. The third-order valence-corrected chi connectivity index (χ3v) is 2.83. The molecular formula is C12H19N5O. The number of anilines is 1. The van der Waals surface area contributed by atoms with Gasteiger partial charge in [0.15, 0.2) is 5.65 Å². The van der Waals surface area contributed by atoms with E-state index in [-0.39, 0.29) is 6.54 Å². The lowest BCUT2D eigenvalue weighted by molar-refractivity contribution is 0.0678. The largest absolute Gasteiger partial charge is 0.388 e. The molecule has 1 atom stereocenters. The number of hydrogen-bond acceptors (Lipinski definition) is 5. The van der Waals surface area contributed by atoms with E-state index in [1.54, 1.807) is 6.92 Å². The van der Waals surface area contributed by atoms with Crippen molar-refractivity contribution >= 4 is 17.0 Å². The van der Waals surface area contributed by atoms with Gasteiger partial charge in [0.25, 0.3) is 0 Å². The second-order valence-corrected chi connectivity index (χ2v) is 5.00. The van der Waals surface area contributed by atoms with E-state index in [9.17, 15) is 5.11 Å². The van der Waals surface area contributed by atoms with Gasteiger partial charge in [0.1, 0.15) is 11.6 Å². The molecule has 2 heterocycles. The first-order valence-corrected chi connectivity index (χ1v) is 5.87. The Labute approximate surface area is 106 Å². The van der Waals surface area contributed by atoms with Crippen LogP contribution in [0.25, 0.3) is 11.2 Å². The molecule has 0 radical (unpaired) electrons. The molecule has 2 aromatic heterocycles. The monoisotopic (exact) mass is 249 g/mol. The molecule has 0 aliphatic carbocycles. The summed E-state index contributed by atoms with van der Waals surface area (Å²) in [5, 5.41) is 9.93. The SMILES string of the molecule is CN(C)c1ccc2[nH]c(CC(C)(O)CN)nc2n1. The van der Waals surface area contributed by atoms with Crippen LogP contribution in [0.15, 0.2) is 12.1 Å². The summed E-state index contributed by atoms with van der Waals surface area (Å²) in [6.07, 6.45) is 0.386. The molecule has 0 fully saturated rings. The van der Waals surface area contributed by atoms with Crippen LogP contribution in [0.3, 0.4) is 0 Å². The summed E-state index contributed by atoms with van der Waals surface area (Å²) in [6.45, 7) is 1.89. The van der Waals surface area contributed by atoms with Crippen LogP contribution in [0.5, 0.6) is 0 Å². The van der Waals surface area contributed by atoms with Gasteiger partial charge in [-0.1, -0.05) is 0 Å². The van der Waals surface area contributed by atoms with E-state index >= 15 is 0 Å². The van der Waals surface area contributed by atoms with Crippen molar-refractivity contribution in [2.75, 3.05) is 25.5 Å². The van der Waals surface area contributed by atoms with E-state index in [1.165, 1.54) is 0 Å². The lowest BCUT2D eigenvalue weighted by Crippen LogP contribution is -2.36. The first-order chi connectivity index (χ1) is 8.41. The van der Waals surface area contributed by atoms with Crippen molar-refractivity contribution in [2.45, 2.75) is 18.9 Å². The molecule has 2 rings (SSSR count). The summed E-state index contributed by atoms with van der Waals surface area (Å²) >= 11 is 0. The molecule has 0 aromatic carbocycles. The van der Waals surface area contributed by atoms with Crippen molar-refractivity contribution in [3.05, 3.63) is 18.0 Å². The number of rotatable bonds is 4. The lowest BCUT2D eigenvalue weighted by atomic mass is 10.0. The molecule has 4 N–H and O–H groups in total. The van der Waals surface area contributed by atoms with Gasteiger partial charge >= 0.3 is 0 Å². The quantitative estimate of drug-likeness (QED) is 0.724. The Morgan fingerprint density at radius 3 is 2.72 bits per heavy atom. The maximum absolute atomic E-state index is 9.93. The minimum Gasteiger partial charge on any atom is -0.388 e. The Bertz CT molecular complexity index is 546. The van der Waals surface area contributed by atoms with Gasteiger partial charge in [-0.25, -0.2) is 9.97 Å². The highest BCUT2D eigenvalue weighted by Crippen LogP contribution is 2.17. The number of H-pyrrole nitrogens is 1. The second-order valence-electron chi connectivity index (χ2n) is 5.00. The van der Waals surface area contributed by atoms with Gasteiger partial charge in [0, 0.05) is 27.1 Å². The van der Waals surface area contributed by atoms with Crippen molar-refractivity contribution in [1.82, 2.24) is 15.0 Å². The number of nitrogens with one attached hydrogen (secondary N) is 1. The van der Waals surface area contributed by atoms with Gasteiger partial charge in [0.2, 0.25) is 0 Å². The number of nitrogens with zero attached hydrogens (tertiary/aromatic N) is 3. The molecule has 1 unspecified atom stereocenters. The summed E-state index contributed by atoms with van der Waals surface area (Å²) < 4.78 is 0. The Morgan fingerprint density at radius 1 is 1.39 bits per heavy atom. The summed E-state index contributed by atoms with van der Waals surface area (Å²) in [7, 11) is 3.86. The molecule has 0 aliphatic rings. The van der Waals surface area contributed by atoms with Crippen LogP contribution >= 0.6 is 0 Å². The highest BCUT2D eigenvalue weighted by Gasteiger charge is 2.21. The van der Waals surface area contributed by atoms with Crippen molar-refractivity contribution in [3.63, 3.8) is 0 Å². The molecule has 0 saturated heterocycles. The Balaban J connectivity index is 2.33. The van der Waals surface area contributed by atoms with E-state index < -0.39 is 5.60 Å². The molecular weight excluding hydrogens is 230 g/mol. The summed E-state index contributed by atoms with van der Waals surface area (Å²) in [5.41, 5.74) is 6.07. The molecule has 6 nitrogen and oxygen atoms in total. The summed E-state index contributed by atoms with van der Waals surface area (Å²) in [5.74, 6) is 1.55. The average Bonchev–Trinajstić information content (AvgIpc) is 2.68. The fourth-order valence-corrected chi connectivity index (χ4v) is 1.70. The van der Waals surface area contributed by atoms with E-state index in [4.69, 9.17) is 5.73 Å². The van der Waals surface area contributed by atoms with Gasteiger partial charge in [-0.3, -0.25) is 0 Å². The predicted molar refractivity (Wildman–Crippen MR) is 71.6 cm³/mol. The van der Waals surface area contributed by atoms with Crippen LogP contribution in [-0.2, 0) is 6.42 Å². The van der Waals surface area contributed by atoms with Crippen molar-refractivity contribution in [1.29, 1.82) is 0 Å². The first-order valence-electron chi connectivity index (χ1n) is 5.87. The topological polar surface area (TPSA) is 91.1 Å². The van der Waals surface area contributed by atoms with Crippen LogP contribution in [0.2, 0.25) is 0 Å². The van der Waals surface area contributed by atoms with Crippen LogP contribution in [0, 0.1) is 0 Å². The van der Waals surface area contributed by atoms with E-state index in [0.717, 1.165) is 11.3 Å². The van der Waals surface area contributed by atoms with Crippen molar-refractivity contribution in [2.24, 2.45) is 5.73 Å². The number of aromatic amines is 1. The van der Waals surface area contributed by atoms with Gasteiger partial charge in [-0.15, -0.1) is 0 Å². The Hall–Kier alpha value is -1.66. The van der Waals surface area contributed by atoms with E-state index in [2.05, 4.69) is 15.0 Å². The third kappa shape index (κ3) is 2.60. The minimum absolute atomic E-state index is 0.195. The first kappa shape index (κ1) is 12.8. The molecule has 98 valence electrons. The van der Waals surface area contributed by atoms with Crippen molar-refractivity contribution < 1.29 is 5.11 Å². The standard InChI is InChI=1S/C12H19N5O/c1-12(18,7-13)6-9-14-8-4-5-10(17(2)3)16-11(8)15-9/h4-5,18H,6-7,13H2,1-3H3,(H,14,15,16). The smallest absolute Gasteiger partial charge is 0.179 e. The molecule has 0 aliphatic heterocycles. The van der Waals surface area contributed by atoms with Crippen LogP contribution in [-0.4, -0.2) is 46.3 Å². The predicted octanol–water partition coefficient (Wildman–Crippen LogP) is 0.276. The van der Waals surface area contributed by atoms with Gasteiger partial charge in [-0.2, -0.15) is 0 Å². The fraction of sp³-hybridized carbons (Fsp3) is 0.500. The fourth-order valence-electron chi connectivity index (χ4n) is 1.70. The van der Waals surface area contributed by atoms with E-state index in [0.29, 0.717) is 17.9 Å². The average molecular weight is 249 g/mol. The zero-order chi connectivity index (χ0) is 13.3. The Morgan fingerprint density at radius 2 is 2.11 bits per heavy atom. The molecule has 0 spiro atoms. The number of pyridine rings is 1. The van der Waals surface area contributed by atoms with Gasteiger partial charge in [0.05, 0.1) is 11.1 Å². The number of hydrogen-bond donors (Lipinski definition) is 3. The molecule has 0 amide bonds. The maximum Gasteiger partial charge on any atom is 0.179 e. The number of nitrogens with two attached hydrogens (primary N) is 1. The van der Waals surface area contributed by atoms with Crippen LogP contribution in [0.1, 0.15) is 12.7 Å². The zero-order valence-electron chi connectivity index (χ0n) is 10.9. The second kappa shape index (κ2) is 4.55. The zero-order valence-corrected chi connectivity index (χ0v) is 10.9. The van der Waals surface area contributed by atoms with Gasteiger partial charge in [-0.05, 0) is 19.1 Å². The molecule has 6 heteroatoms. The number of aromatic nitrogens is 3. The van der Waals surface area contributed by atoms with Crippen LogP contribution in [0.4, 0.5) is 5.82 Å². The number of fused-ring (bicyclic) bond motifs is 1. The lowest BCUT2D eigenvalue weighted by Gasteiger charge is -2.18. The Kier molecular flexibility index (Phi) is 3.23. The maximum atomic E-state index is 9.93. The minimum atomic E-state index is -0.946. The highest BCUT2D eigenvalue weighted by molar-refractivity contribution is 5.73. The third-order valence-electron chi connectivity index (χ3n) is 2.83.